The smallest absolute Gasteiger partial charge is 0.274 e. The average molecular weight is 867 g/mol. The van der Waals surface area contributed by atoms with E-state index in [1.165, 1.54) is 19.3 Å². The normalized spacial score (nSPS) is 14.5. The van der Waals surface area contributed by atoms with Crippen LogP contribution in [0.1, 0.15) is 83.7 Å². The lowest BCUT2D eigenvalue weighted by Gasteiger charge is -2.24. The Morgan fingerprint density at radius 3 is 1.55 bits per heavy atom. The van der Waals surface area contributed by atoms with E-state index < -0.39 is 0 Å². The van der Waals surface area contributed by atoms with E-state index in [1.807, 2.05) is 79.0 Å². The topological polar surface area (TPSA) is 171 Å². The van der Waals surface area contributed by atoms with Gasteiger partial charge in [-0.3, -0.25) is 24.5 Å². The summed E-state index contributed by atoms with van der Waals surface area (Å²) in [5, 5.41) is 23.0. The van der Waals surface area contributed by atoms with Crippen molar-refractivity contribution in [1.82, 2.24) is 49.5 Å². The summed E-state index contributed by atoms with van der Waals surface area (Å²) in [6.07, 6.45) is 20.0. The lowest BCUT2D eigenvalue weighted by atomic mass is 9.82. The van der Waals surface area contributed by atoms with Gasteiger partial charge in [0.15, 0.2) is 11.6 Å². The summed E-state index contributed by atoms with van der Waals surface area (Å²) in [6.45, 7) is 0. The fourth-order valence-corrected chi connectivity index (χ4v) is 7.84. The molecule has 318 valence electrons. The lowest BCUT2D eigenvalue weighted by molar-refractivity contribution is 0.101. The Labute approximate surface area is 374 Å². The first kappa shape index (κ1) is 40.6. The number of nitrogens with one attached hydrogen (secondary N) is 2. The van der Waals surface area contributed by atoms with E-state index in [4.69, 9.17) is 11.6 Å². The number of hydrogen-bond acceptors (Lipinski definition) is 10. The van der Waals surface area contributed by atoms with Gasteiger partial charge in [0, 0.05) is 76.2 Å². The van der Waals surface area contributed by atoms with Crippen LogP contribution in [0, 0.1) is 5.92 Å². The molecular weight excluding hydrogens is 824 g/mol. The number of amides is 2. The molecule has 2 amide bonds. The first-order valence-corrected chi connectivity index (χ1v) is 21.9. The first-order chi connectivity index (χ1) is 31.4. The largest absolute Gasteiger partial charge is 0.321 e. The predicted molar refractivity (Wildman–Crippen MR) is 244 cm³/mol. The van der Waals surface area contributed by atoms with Crippen LogP contribution in [-0.4, -0.2) is 61.3 Å². The van der Waals surface area contributed by atoms with Gasteiger partial charge in [0.25, 0.3) is 11.8 Å². The van der Waals surface area contributed by atoms with Gasteiger partial charge in [-0.05, 0) is 116 Å². The number of carbonyl (C=O) groups excluding carboxylic acids is 2. The van der Waals surface area contributed by atoms with Gasteiger partial charge in [0.2, 0.25) is 0 Å². The van der Waals surface area contributed by atoms with E-state index in [1.54, 1.807) is 43.4 Å². The van der Waals surface area contributed by atoms with Crippen molar-refractivity contribution < 1.29 is 9.59 Å². The van der Waals surface area contributed by atoms with Crippen LogP contribution in [0.15, 0.2) is 135 Å². The van der Waals surface area contributed by atoms with Crippen LogP contribution < -0.4 is 10.6 Å². The highest BCUT2D eigenvalue weighted by molar-refractivity contribution is 6.29. The van der Waals surface area contributed by atoms with Crippen molar-refractivity contribution in [2.75, 3.05) is 10.6 Å². The summed E-state index contributed by atoms with van der Waals surface area (Å²) >= 11 is 5.85. The van der Waals surface area contributed by atoms with Crippen LogP contribution >= 0.6 is 11.6 Å². The second-order valence-electron chi connectivity index (χ2n) is 16.4. The zero-order valence-electron chi connectivity index (χ0n) is 34.8. The van der Waals surface area contributed by atoms with Crippen LogP contribution in [0.4, 0.5) is 11.4 Å². The molecule has 15 heteroatoms. The van der Waals surface area contributed by atoms with Gasteiger partial charge in [-0.15, -0.1) is 20.4 Å². The third-order valence-corrected chi connectivity index (χ3v) is 11.9. The number of halogens is 1. The Bertz CT molecular complexity index is 2940. The SMILES string of the molecule is O=C(Nc1cccc(-c2nncn2C2CC2)c1)c1cc(-c2ccc(CC3CCC3)nc2)ccn1.O=C(Nc1cccc(-c2nncn2C2CC2)c1)c1cc(-c2ccc(Cl)nc2)ccn1. The average Bonchev–Trinajstić information content (AvgIpc) is 4.25. The van der Waals surface area contributed by atoms with E-state index in [-0.39, 0.29) is 11.8 Å². The van der Waals surface area contributed by atoms with Crippen molar-refractivity contribution in [3.05, 3.63) is 157 Å². The molecule has 6 aromatic heterocycles. The Kier molecular flexibility index (Phi) is 11.5. The zero-order chi connectivity index (χ0) is 43.4. The molecule has 0 bridgehead atoms. The summed E-state index contributed by atoms with van der Waals surface area (Å²) in [4.78, 5) is 43.0. The second kappa shape index (κ2) is 18.1. The number of anilines is 2. The van der Waals surface area contributed by atoms with E-state index in [0.29, 0.717) is 40.0 Å². The van der Waals surface area contributed by atoms with Crippen LogP contribution in [-0.2, 0) is 6.42 Å². The van der Waals surface area contributed by atoms with Gasteiger partial charge in [-0.1, -0.05) is 61.2 Å². The molecule has 0 atom stereocenters. The molecule has 2 N–H and O–H groups in total. The number of benzene rings is 2. The van der Waals surface area contributed by atoms with Gasteiger partial charge in [-0.25, -0.2) is 4.98 Å². The number of aromatic nitrogens is 10. The minimum atomic E-state index is -0.292. The Hall–Kier alpha value is -7.45. The molecule has 0 unspecified atom stereocenters. The van der Waals surface area contributed by atoms with Crippen LogP contribution in [0.5, 0.6) is 0 Å². The molecule has 2 aromatic carbocycles. The quantitative estimate of drug-likeness (QED) is 0.113. The molecular formula is C49H43ClN12O2. The molecule has 8 aromatic rings. The van der Waals surface area contributed by atoms with Gasteiger partial charge in [0.05, 0.1) is 0 Å². The molecule has 64 heavy (non-hydrogen) atoms. The summed E-state index contributed by atoms with van der Waals surface area (Å²) in [6, 6.07) is 31.3. The van der Waals surface area contributed by atoms with Gasteiger partial charge in [0.1, 0.15) is 29.2 Å². The fraction of sp³-hybridized carbons (Fsp3) is 0.224. The number of carbonyl (C=O) groups is 2. The monoisotopic (exact) mass is 866 g/mol. The number of hydrogen-bond donors (Lipinski definition) is 2. The predicted octanol–water partition coefficient (Wildman–Crippen LogP) is 9.97. The Balaban J connectivity index is 0.000000153. The van der Waals surface area contributed by atoms with E-state index in [2.05, 4.69) is 72.2 Å². The van der Waals surface area contributed by atoms with Crippen molar-refractivity contribution >= 4 is 34.8 Å². The van der Waals surface area contributed by atoms with Crippen molar-refractivity contribution in [2.45, 2.75) is 63.5 Å². The highest BCUT2D eigenvalue weighted by Crippen LogP contribution is 2.39. The van der Waals surface area contributed by atoms with Crippen molar-refractivity contribution in [2.24, 2.45) is 5.92 Å². The van der Waals surface area contributed by atoms with E-state index >= 15 is 0 Å². The van der Waals surface area contributed by atoms with Crippen LogP contribution in [0.2, 0.25) is 5.15 Å². The van der Waals surface area contributed by atoms with Gasteiger partial charge < -0.3 is 19.8 Å². The zero-order valence-corrected chi connectivity index (χ0v) is 35.5. The van der Waals surface area contributed by atoms with Crippen molar-refractivity contribution in [3.8, 4) is 45.0 Å². The molecule has 0 aliphatic heterocycles. The highest BCUT2D eigenvalue weighted by Gasteiger charge is 2.28. The molecule has 3 fully saturated rings. The maximum atomic E-state index is 13.0. The first-order valence-electron chi connectivity index (χ1n) is 21.5. The van der Waals surface area contributed by atoms with E-state index in [9.17, 15) is 9.59 Å². The summed E-state index contributed by atoms with van der Waals surface area (Å²) in [7, 11) is 0. The Morgan fingerprint density at radius 2 is 1.09 bits per heavy atom. The minimum absolute atomic E-state index is 0.253. The summed E-state index contributed by atoms with van der Waals surface area (Å²) < 4.78 is 4.20. The molecule has 3 aliphatic carbocycles. The molecule has 0 spiro atoms. The molecule has 11 rings (SSSR count). The third-order valence-electron chi connectivity index (χ3n) is 11.7. The number of pyridine rings is 4. The molecule has 14 nitrogen and oxygen atoms in total. The number of rotatable bonds is 12. The molecule has 0 radical (unpaired) electrons. The minimum Gasteiger partial charge on any atom is -0.321 e. The molecule has 6 heterocycles. The van der Waals surface area contributed by atoms with Gasteiger partial charge in [-0.2, -0.15) is 0 Å². The van der Waals surface area contributed by atoms with E-state index in [0.717, 1.165) is 88.7 Å². The lowest BCUT2D eigenvalue weighted by Crippen LogP contribution is -2.14. The van der Waals surface area contributed by atoms with Crippen LogP contribution in [0.25, 0.3) is 45.0 Å². The maximum absolute atomic E-state index is 13.0. The summed E-state index contributed by atoms with van der Waals surface area (Å²) in [5.41, 5.74) is 8.62. The van der Waals surface area contributed by atoms with Gasteiger partial charge >= 0.3 is 0 Å². The molecule has 3 aliphatic rings. The Morgan fingerprint density at radius 1 is 0.562 bits per heavy atom. The number of nitrogens with zero attached hydrogens (tertiary/aromatic N) is 10. The standard InChI is InChI=1S/C27H26N6O.C22H17ClN6O/c34-27(31-23-6-2-5-20(14-23)26-32-30-17-33(26)24-9-10-24)25-15-19(11-12-28-25)21-7-8-22(29-16-21)13-18-3-1-4-18;23-20-7-4-16(12-25-20)14-8-9-24-19(11-14)22(30)27-17-3-1-2-15(10-17)21-28-26-13-29(21)18-5-6-18/h2,5-8,11-12,14-18,24H,1,3-4,9-10,13H2,(H,31,34);1-4,7-13,18H,5-6H2,(H,27,30). The molecule has 3 saturated carbocycles. The third kappa shape index (κ3) is 9.47. The van der Waals surface area contributed by atoms with Crippen molar-refractivity contribution in [1.29, 1.82) is 0 Å². The molecule has 0 saturated heterocycles. The second-order valence-corrected chi connectivity index (χ2v) is 16.8. The fourth-order valence-electron chi connectivity index (χ4n) is 7.72. The highest BCUT2D eigenvalue weighted by atomic mass is 35.5. The van der Waals surface area contributed by atoms with Crippen LogP contribution in [0.3, 0.4) is 0 Å². The maximum Gasteiger partial charge on any atom is 0.274 e. The summed E-state index contributed by atoms with van der Waals surface area (Å²) in [5.74, 6) is 1.88. The van der Waals surface area contributed by atoms with Crippen molar-refractivity contribution in [3.63, 3.8) is 0 Å².